The summed E-state index contributed by atoms with van der Waals surface area (Å²) >= 11 is 2.08. The van der Waals surface area contributed by atoms with Crippen molar-refractivity contribution in [2.45, 2.75) is 13.0 Å². The molecular formula is C8H13IN4O. The molecule has 78 valence electrons. The number of aryl methyl sites for hydroxylation is 1. The number of hydrogen-bond acceptors (Lipinski definition) is 3. The van der Waals surface area contributed by atoms with Crippen LogP contribution in [0.2, 0.25) is 0 Å². The van der Waals surface area contributed by atoms with E-state index in [-0.39, 0.29) is 11.9 Å². The largest absolute Gasteiger partial charge is 0.350 e. The van der Waals surface area contributed by atoms with Crippen LogP contribution in [0, 0.1) is 3.70 Å². The second-order valence-electron chi connectivity index (χ2n) is 3.16. The molecule has 1 amide bonds. The van der Waals surface area contributed by atoms with E-state index in [1.807, 2.05) is 6.92 Å². The van der Waals surface area contributed by atoms with Gasteiger partial charge in [-0.05, 0) is 29.5 Å². The third kappa shape index (κ3) is 2.68. The Hall–Kier alpha value is -0.630. The summed E-state index contributed by atoms with van der Waals surface area (Å²) in [5.74, 6) is -0.125. The summed E-state index contributed by atoms with van der Waals surface area (Å²) in [6.45, 7) is 2.32. The van der Waals surface area contributed by atoms with Crippen molar-refractivity contribution in [3.8, 4) is 0 Å². The number of nitrogens with zero attached hydrogens (tertiary/aromatic N) is 2. The minimum Gasteiger partial charge on any atom is -0.350 e. The fourth-order valence-corrected chi connectivity index (χ4v) is 1.43. The fraction of sp³-hybridized carbons (Fsp3) is 0.500. The number of amides is 1. The number of carbonyl (C=O) groups excluding carboxylic acids is 1. The fourth-order valence-electron chi connectivity index (χ4n) is 0.924. The van der Waals surface area contributed by atoms with Crippen LogP contribution in [-0.4, -0.2) is 28.3 Å². The van der Waals surface area contributed by atoms with E-state index < -0.39 is 0 Å². The number of rotatable bonds is 3. The van der Waals surface area contributed by atoms with Crippen LogP contribution in [0.5, 0.6) is 0 Å². The van der Waals surface area contributed by atoms with E-state index in [9.17, 15) is 4.79 Å². The van der Waals surface area contributed by atoms with Gasteiger partial charge in [-0.25, -0.2) is 0 Å². The Morgan fingerprint density at radius 2 is 2.50 bits per heavy atom. The van der Waals surface area contributed by atoms with Gasteiger partial charge in [-0.3, -0.25) is 9.48 Å². The van der Waals surface area contributed by atoms with Crippen molar-refractivity contribution in [1.29, 1.82) is 0 Å². The van der Waals surface area contributed by atoms with E-state index in [2.05, 4.69) is 33.0 Å². The third-order valence-corrected chi connectivity index (χ3v) is 2.97. The Morgan fingerprint density at radius 1 is 1.86 bits per heavy atom. The number of carbonyl (C=O) groups is 1. The number of nitrogens with one attached hydrogen (secondary N) is 1. The highest BCUT2D eigenvalue weighted by atomic mass is 127. The summed E-state index contributed by atoms with van der Waals surface area (Å²) < 4.78 is 2.48. The van der Waals surface area contributed by atoms with Crippen molar-refractivity contribution in [3.63, 3.8) is 0 Å². The van der Waals surface area contributed by atoms with Crippen LogP contribution in [0.25, 0.3) is 0 Å². The third-order valence-electron chi connectivity index (χ3n) is 1.70. The number of hydrogen-bond donors (Lipinski definition) is 2. The Morgan fingerprint density at radius 3 is 2.93 bits per heavy atom. The summed E-state index contributed by atoms with van der Waals surface area (Å²) in [6, 6.07) is -0.0340. The zero-order valence-corrected chi connectivity index (χ0v) is 10.3. The van der Waals surface area contributed by atoms with Crippen molar-refractivity contribution in [2.75, 3.05) is 6.54 Å². The molecule has 0 fully saturated rings. The molecule has 0 aliphatic heterocycles. The second kappa shape index (κ2) is 4.74. The number of nitrogens with two attached hydrogens (primary N) is 1. The molecule has 1 unspecified atom stereocenters. The van der Waals surface area contributed by atoms with Gasteiger partial charge in [0.15, 0.2) is 0 Å². The van der Waals surface area contributed by atoms with Crippen LogP contribution < -0.4 is 11.1 Å². The van der Waals surface area contributed by atoms with Crippen LogP contribution in [0.4, 0.5) is 0 Å². The smallest absolute Gasteiger partial charge is 0.255 e. The zero-order chi connectivity index (χ0) is 10.7. The second-order valence-corrected chi connectivity index (χ2v) is 4.18. The maximum atomic E-state index is 11.6. The lowest BCUT2D eigenvalue weighted by molar-refractivity contribution is 0.0950. The number of halogens is 1. The van der Waals surface area contributed by atoms with Crippen LogP contribution in [0.15, 0.2) is 6.20 Å². The highest BCUT2D eigenvalue weighted by Crippen LogP contribution is 2.09. The first-order chi connectivity index (χ1) is 6.52. The molecule has 1 rings (SSSR count). The van der Waals surface area contributed by atoms with Crippen molar-refractivity contribution in [2.24, 2.45) is 12.8 Å². The zero-order valence-electron chi connectivity index (χ0n) is 8.12. The summed E-state index contributed by atoms with van der Waals surface area (Å²) in [5.41, 5.74) is 6.12. The Balaban J connectivity index is 2.66. The average Bonchev–Trinajstić information content (AvgIpc) is 2.44. The molecular weight excluding hydrogens is 295 g/mol. The molecule has 0 aliphatic rings. The molecule has 1 aromatic heterocycles. The van der Waals surface area contributed by atoms with Gasteiger partial charge in [-0.2, -0.15) is 5.10 Å². The van der Waals surface area contributed by atoms with Crippen molar-refractivity contribution in [1.82, 2.24) is 15.1 Å². The molecule has 1 heterocycles. The first-order valence-electron chi connectivity index (χ1n) is 4.23. The van der Waals surface area contributed by atoms with E-state index >= 15 is 0 Å². The van der Waals surface area contributed by atoms with Crippen LogP contribution >= 0.6 is 22.6 Å². The van der Waals surface area contributed by atoms with Crippen molar-refractivity contribution in [3.05, 3.63) is 15.5 Å². The van der Waals surface area contributed by atoms with Gasteiger partial charge < -0.3 is 11.1 Å². The molecule has 1 aromatic rings. The Bertz CT molecular complexity index is 334. The van der Waals surface area contributed by atoms with Gasteiger partial charge in [-0.1, -0.05) is 0 Å². The highest BCUT2D eigenvalue weighted by Gasteiger charge is 2.13. The normalized spacial score (nSPS) is 12.6. The minimum absolute atomic E-state index is 0.0340. The topological polar surface area (TPSA) is 72.9 Å². The quantitative estimate of drug-likeness (QED) is 0.778. The van der Waals surface area contributed by atoms with Gasteiger partial charge in [0, 0.05) is 19.6 Å². The molecule has 6 heteroatoms. The van der Waals surface area contributed by atoms with E-state index in [0.29, 0.717) is 12.1 Å². The van der Waals surface area contributed by atoms with Gasteiger partial charge in [-0.15, -0.1) is 0 Å². The molecule has 0 aliphatic carbocycles. The molecule has 0 aromatic carbocycles. The average molecular weight is 308 g/mol. The summed E-state index contributed by atoms with van der Waals surface area (Å²) in [6.07, 6.45) is 1.55. The molecule has 5 nitrogen and oxygen atoms in total. The van der Waals surface area contributed by atoms with Gasteiger partial charge >= 0.3 is 0 Å². The van der Waals surface area contributed by atoms with E-state index in [1.165, 1.54) is 0 Å². The maximum Gasteiger partial charge on any atom is 0.255 e. The monoisotopic (exact) mass is 308 g/mol. The highest BCUT2D eigenvalue weighted by molar-refractivity contribution is 14.1. The molecule has 0 bridgehead atoms. The SMILES string of the molecule is CC(N)CNC(=O)c1cnn(C)c1I. The predicted molar refractivity (Wildman–Crippen MR) is 61.9 cm³/mol. The molecule has 0 saturated carbocycles. The van der Waals surface area contributed by atoms with Crippen LogP contribution in [0.3, 0.4) is 0 Å². The number of aromatic nitrogens is 2. The molecule has 0 spiro atoms. The Labute approximate surface area is 96.2 Å². The molecule has 0 radical (unpaired) electrons. The van der Waals surface area contributed by atoms with Crippen molar-refractivity contribution < 1.29 is 4.79 Å². The van der Waals surface area contributed by atoms with Crippen LogP contribution in [-0.2, 0) is 7.05 Å². The van der Waals surface area contributed by atoms with E-state index in [0.717, 1.165) is 3.70 Å². The molecule has 1 atom stereocenters. The van der Waals surface area contributed by atoms with E-state index in [4.69, 9.17) is 5.73 Å². The Kier molecular flexibility index (Phi) is 3.87. The summed E-state index contributed by atoms with van der Waals surface area (Å²) in [5, 5.41) is 6.71. The van der Waals surface area contributed by atoms with E-state index in [1.54, 1.807) is 17.9 Å². The minimum atomic E-state index is -0.125. The molecule has 0 saturated heterocycles. The van der Waals surface area contributed by atoms with Crippen LogP contribution in [0.1, 0.15) is 17.3 Å². The van der Waals surface area contributed by atoms with Gasteiger partial charge in [0.05, 0.1) is 11.8 Å². The summed E-state index contributed by atoms with van der Waals surface area (Å²) in [7, 11) is 1.80. The van der Waals surface area contributed by atoms with Crippen molar-refractivity contribution >= 4 is 28.5 Å². The van der Waals surface area contributed by atoms with Gasteiger partial charge in [0.1, 0.15) is 3.70 Å². The summed E-state index contributed by atoms with van der Waals surface area (Å²) in [4.78, 5) is 11.6. The first-order valence-corrected chi connectivity index (χ1v) is 5.31. The maximum absolute atomic E-state index is 11.6. The standard InChI is InChI=1S/C8H13IN4O/c1-5(10)3-11-8(14)6-4-12-13(2)7(6)9/h4-5H,3,10H2,1-2H3,(H,11,14). The molecule has 14 heavy (non-hydrogen) atoms. The lowest BCUT2D eigenvalue weighted by Crippen LogP contribution is -2.35. The van der Waals surface area contributed by atoms with Gasteiger partial charge in [0.25, 0.3) is 5.91 Å². The lowest BCUT2D eigenvalue weighted by Gasteiger charge is -2.06. The first kappa shape index (κ1) is 11.4. The lowest BCUT2D eigenvalue weighted by atomic mass is 10.3. The predicted octanol–water partition coefficient (Wildman–Crippen LogP) is 0.102. The molecule has 3 N–H and O–H groups in total. The van der Waals surface area contributed by atoms with Gasteiger partial charge in [0.2, 0.25) is 0 Å².